The molecule has 0 heterocycles. The van der Waals surface area contributed by atoms with Gasteiger partial charge in [0, 0.05) is 25.2 Å². The lowest BCUT2D eigenvalue weighted by molar-refractivity contribution is -0.129. The van der Waals surface area contributed by atoms with Gasteiger partial charge >= 0.3 is 0 Å². The zero-order chi connectivity index (χ0) is 16.8. The second kappa shape index (κ2) is 7.63. The summed E-state index contributed by atoms with van der Waals surface area (Å²) in [5.41, 5.74) is 1.53. The van der Waals surface area contributed by atoms with Crippen molar-refractivity contribution in [3.05, 3.63) is 59.4 Å². The largest absolute Gasteiger partial charge is 0.497 e. The SMILES string of the molecule is COc1ccc(CN(C)C(=O)Cc2cccc(F)c2)c(OC)c1. The van der Waals surface area contributed by atoms with Gasteiger partial charge < -0.3 is 14.4 Å². The van der Waals surface area contributed by atoms with Crippen LogP contribution >= 0.6 is 0 Å². The highest BCUT2D eigenvalue weighted by Gasteiger charge is 2.13. The molecule has 0 saturated heterocycles. The third kappa shape index (κ3) is 4.45. The van der Waals surface area contributed by atoms with E-state index in [1.807, 2.05) is 12.1 Å². The van der Waals surface area contributed by atoms with Gasteiger partial charge in [-0.15, -0.1) is 0 Å². The lowest BCUT2D eigenvalue weighted by Crippen LogP contribution is -2.27. The van der Waals surface area contributed by atoms with Crippen LogP contribution < -0.4 is 9.47 Å². The molecule has 23 heavy (non-hydrogen) atoms. The smallest absolute Gasteiger partial charge is 0.227 e. The Bertz CT molecular complexity index is 688. The molecule has 0 aliphatic carbocycles. The summed E-state index contributed by atoms with van der Waals surface area (Å²) >= 11 is 0. The highest BCUT2D eigenvalue weighted by atomic mass is 19.1. The van der Waals surface area contributed by atoms with E-state index in [0.717, 1.165) is 5.56 Å². The fourth-order valence-electron chi connectivity index (χ4n) is 2.28. The molecule has 5 heteroatoms. The monoisotopic (exact) mass is 317 g/mol. The van der Waals surface area contributed by atoms with Crippen LogP contribution in [0.2, 0.25) is 0 Å². The summed E-state index contributed by atoms with van der Waals surface area (Å²) < 4.78 is 23.7. The molecule has 0 unspecified atom stereocenters. The molecular weight excluding hydrogens is 297 g/mol. The number of hydrogen-bond donors (Lipinski definition) is 0. The van der Waals surface area contributed by atoms with Crippen molar-refractivity contribution in [3.8, 4) is 11.5 Å². The van der Waals surface area contributed by atoms with E-state index in [0.29, 0.717) is 23.6 Å². The third-order valence-corrected chi connectivity index (χ3v) is 3.57. The first-order valence-corrected chi connectivity index (χ1v) is 7.22. The molecule has 0 aliphatic heterocycles. The molecule has 0 saturated carbocycles. The molecular formula is C18H20FNO3. The van der Waals surface area contributed by atoms with E-state index in [1.54, 1.807) is 44.4 Å². The van der Waals surface area contributed by atoms with Crippen molar-refractivity contribution >= 4 is 5.91 Å². The van der Waals surface area contributed by atoms with Gasteiger partial charge in [0.05, 0.1) is 20.6 Å². The Morgan fingerprint density at radius 2 is 1.91 bits per heavy atom. The fourth-order valence-corrected chi connectivity index (χ4v) is 2.28. The molecule has 1 amide bonds. The number of benzene rings is 2. The molecule has 0 bridgehead atoms. The number of hydrogen-bond acceptors (Lipinski definition) is 3. The molecule has 0 atom stereocenters. The average Bonchev–Trinajstić information content (AvgIpc) is 2.55. The standard InChI is InChI=1S/C18H20FNO3/c1-20(18(21)10-13-5-4-6-15(19)9-13)12-14-7-8-16(22-2)11-17(14)23-3/h4-9,11H,10,12H2,1-3H3. The third-order valence-electron chi connectivity index (χ3n) is 3.57. The minimum absolute atomic E-state index is 0.0894. The molecule has 0 fully saturated rings. The zero-order valence-electron chi connectivity index (χ0n) is 13.5. The number of ether oxygens (including phenoxy) is 2. The molecule has 2 rings (SSSR count). The first kappa shape index (κ1) is 16.8. The number of carbonyl (C=O) groups is 1. The van der Waals surface area contributed by atoms with Crippen LogP contribution in [0.3, 0.4) is 0 Å². The second-order valence-electron chi connectivity index (χ2n) is 5.23. The molecule has 2 aromatic carbocycles. The minimum atomic E-state index is -0.338. The lowest BCUT2D eigenvalue weighted by atomic mass is 10.1. The Morgan fingerprint density at radius 1 is 1.13 bits per heavy atom. The van der Waals surface area contributed by atoms with Gasteiger partial charge in [-0.05, 0) is 29.8 Å². The molecule has 0 radical (unpaired) electrons. The van der Waals surface area contributed by atoms with Crippen LogP contribution in [0, 0.1) is 5.82 Å². The summed E-state index contributed by atoms with van der Waals surface area (Å²) in [7, 11) is 4.88. The fraction of sp³-hybridized carbons (Fsp3) is 0.278. The quantitative estimate of drug-likeness (QED) is 0.822. The van der Waals surface area contributed by atoms with Crippen molar-refractivity contribution in [2.24, 2.45) is 0 Å². The first-order chi connectivity index (χ1) is 11.0. The molecule has 0 N–H and O–H groups in total. The van der Waals surface area contributed by atoms with Crippen molar-refractivity contribution in [1.82, 2.24) is 4.90 Å². The van der Waals surface area contributed by atoms with E-state index in [-0.39, 0.29) is 18.1 Å². The van der Waals surface area contributed by atoms with Crippen LogP contribution in [0.15, 0.2) is 42.5 Å². The second-order valence-corrected chi connectivity index (χ2v) is 5.23. The van der Waals surface area contributed by atoms with Gasteiger partial charge in [-0.2, -0.15) is 0 Å². The normalized spacial score (nSPS) is 10.3. The Balaban J connectivity index is 2.06. The number of methoxy groups -OCH3 is 2. The van der Waals surface area contributed by atoms with Crippen LogP contribution in [0.25, 0.3) is 0 Å². The number of likely N-dealkylation sites (N-methyl/N-ethyl adjacent to an activating group) is 1. The summed E-state index contributed by atoms with van der Waals surface area (Å²) in [5, 5.41) is 0. The Labute approximate surface area is 135 Å². The van der Waals surface area contributed by atoms with Crippen molar-refractivity contribution in [2.45, 2.75) is 13.0 Å². The van der Waals surface area contributed by atoms with E-state index in [9.17, 15) is 9.18 Å². The predicted octanol–water partition coefficient (Wildman–Crippen LogP) is 3.04. The summed E-state index contributed by atoms with van der Waals surface area (Å²) in [4.78, 5) is 13.9. The molecule has 0 aromatic heterocycles. The summed E-state index contributed by atoms with van der Waals surface area (Å²) in [6, 6.07) is 11.5. The number of amides is 1. The van der Waals surface area contributed by atoms with Gasteiger partial charge in [0.15, 0.2) is 0 Å². The summed E-state index contributed by atoms with van der Waals surface area (Å²) in [5.74, 6) is 0.928. The van der Waals surface area contributed by atoms with E-state index in [1.165, 1.54) is 12.1 Å². The van der Waals surface area contributed by atoms with Crippen LogP contribution in [-0.2, 0) is 17.8 Å². The van der Waals surface area contributed by atoms with Crippen LogP contribution in [0.5, 0.6) is 11.5 Å². The Morgan fingerprint density at radius 3 is 2.57 bits per heavy atom. The average molecular weight is 317 g/mol. The molecule has 4 nitrogen and oxygen atoms in total. The molecule has 0 spiro atoms. The maximum absolute atomic E-state index is 13.2. The van der Waals surface area contributed by atoms with Gasteiger partial charge in [-0.3, -0.25) is 4.79 Å². The number of rotatable bonds is 6. The minimum Gasteiger partial charge on any atom is -0.497 e. The van der Waals surface area contributed by atoms with Crippen molar-refractivity contribution in [2.75, 3.05) is 21.3 Å². The number of halogens is 1. The van der Waals surface area contributed by atoms with Crippen LogP contribution in [0.4, 0.5) is 4.39 Å². The Kier molecular flexibility index (Phi) is 5.57. The maximum Gasteiger partial charge on any atom is 0.227 e. The summed E-state index contributed by atoms with van der Waals surface area (Å²) in [6.07, 6.45) is 0.159. The molecule has 0 aliphatic rings. The van der Waals surface area contributed by atoms with E-state index in [4.69, 9.17) is 9.47 Å². The van der Waals surface area contributed by atoms with Gasteiger partial charge in [-0.1, -0.05) is 12.1 Å². The van der Waals surface area contributed by atoms with Crippen molar-refractivity contribution in [3.63, 3.8) is 0 Å². The van der Waals surface area contributed by atoms with Crippen LogP contribution in [-0.4, -0.2) is 32.1 Å². The van der Waals surface area contributed by atoms with E-state index < -0.39 is 0 Å². The van der Waals surface area contributed by atoms with Gasteiger partial charge in [0.2, 0.25) is 5.91 Å². The topological polar surface area (TPSA) is 38.8 Å². The highest BCUT2D eigenvalue weighted by molar-refractivity contribution is 5.78. The lowest BCUT2D eigenvalue weighted by Gasteiger charge is -2.19. The Hall–Kier alpha value is -2.56. The first-order valence-electron chi connectivity index (χ1n) is 7.22. The molecule has 2 aromatic rings. The number of carbonyl (C=O) groups excluding carboxylic acids is 1. The molecule has 122 valence electrons. The van der Waals surface area contributed by atoms with Gasteiger partial charge in [0.1, 0.15) is 17.3 Å². The van der Waals surface area contributed by atoms with Crippen LogP contribution in [0.1, 0.15) is 11.1 Å². The van der Waals surface area contributed by atoms with Crippen molar-refractivity contribution in [1.29, 1.82) is 0 Å². The predicted molar refractivity (Wildman–Crippen MR) is 86.1 cm³/mol. The van der Waals surface area contributed by atoms with Crippen molar-refractivity contribution < 1.29 is 18.7 Å². The van der Waals surface area contributed by atoms with E-state index >= 15 is 0 Å². The highest BCUT2D eigenvalue weighted by Crippen LogP contribution is 2.25. The maximum atomic E-state index is 13.2. The summed E-state index contributed by atoms with van der Waals surface area (Å²) in [6.45, 7) is 0.404. The zero-order valence-corrected chi connectivity index (χ0v) is 13.5. The van der Waals surface area contributed by atoms with Gasteiger partial charge in [-0.25, -0.2) is 4.39 Å². The van der Waals surface area contributed by atoms with E-state index in [2.05, 4.69) is 0 Å². The number of nitrogens with zero attached hydrogens (tertiary/aromatic N) is 1. The van der Waals surface area contributed by atoms with Gasteiger partial charge in [0.25, 0.3) is 0 Å².